The van der Waals surface area contributed by atoms with Crippen molar-refractivity contribution in [1.82, 2.24) is 4.90 Å². The average molecular weight is 340 g/mol. The molecule has 0 N–H and O–H groups in total. The second-order valence-electron chi connectivity index (χ2n) is 6.47. The molecule has 2 aromatic rings. The Hall–Kier alpha value is -1.71. The fraction of sp³-hybridized carbons (Fsp3) is 0.333. The molecule has 24 heavy (non-hydrogen) atoms. The lowest BCUT2D eigenvalue weighted by atomic mass is 9.88. The average Bonchev–Trinajstić information content (AvgIpc) is 2.75. The molecule has 0 bridgehead atoms. The van der Waals surface area contributed by atoms with Crippen LogP contribution in [0.2, 0.25) is 0 Å². The van der Waals surface area contributed by atoms with E-state index in [-0.39, 0.29) is 0 Å². The second kappa shape index (κ2) is 7.91. The van der Waals surface area contributed by atoms with Crippen molar-refractivity contribution in [3.63, 3.8) is 0 Å². The predicted molar refractivity (Wildman–Crippen MR) is 105 cm³/mol. The molecule has 0 saturated heterocycles. The van der Waals surface area contributed by atoms with Crippen LogP contribution in [0.1, 0.15) is 17.5 Å². The summed E-state index contributed by atoms with van der Waals surface area (Å²) in [4.78, 5) is 3.69. The van der Waals surface area contributed by atoms with Gasteiger partial charge in [-0.1, -0.05) is 36.4 Å². The monoisotopic (exact) mass is 339 g/mol. The SMILES string of the molecule is COc1cccc(C=C2c3ccccc3SCCC2CN(C)C)c1. The van der Waals surface area contributed by atoms with Gasteiger partial charge in [0, 0.05) is 11.4 Å². The minimum atomic E-state index is 0.544. The van der Waals surface area contributed by atoms with Crippen molar-refractivity contribution in [3.8, 4) is 5.75 Å². The molecule has 2 aromatic carbocycles. The highest BCUT2D eigenvalue weighted by molar-refractivity contribution is 7.99. The standard InChI is InChI=1S/C21H25NOS/c1-22(2)15-17-11-12-24-21-10-5-4-9-19(21)20(17)14-16-7-6-8-18(13-16)23-3/h4-10,13-14,17H,11-12,15H2,1-3H3. The first-order valence-electron chi connectivity index (χ1n) is 8.40. The molecule has 1 unspecified atom stereocenters. The van der Waals surface area contributed by atoms with Crippen LogP contribution in [0, 0.1) is 5.92 Å². The third-order valence-corrected chi connectivity index (χ3v) is 5.47. The van der Waals surface area contributed by atoms with Gasteiger partial charge in [0.2, 0.25) is 0 Å². The van der Waals surface area contributed by atoms with Crippen LogP contribution >= 0.6 is 11.8 Å². The van der Waals surface area contributed by atoms with E-state index in [0.717, 1.165) is 12.3 Å². The normalized spacial score (nSPS) is 19.2. The Morgan fingerprint density at radius 2 is 2.00 bits per heavy atom. The third kappa shape index (κ3) is 4.03. The molecule has 0 saturated carbocycles. The van der Waals surface area contributed by atoms with E-state index in [1.165, 1.54) is 33.8 Å². The Kier molecular flexibility index (Phi) is 5.64. The first-order chi connectivity index (χ1) is 11.7. The molecule has 1 aliphatic heterocycles. The van der Waals surface area contributed by atoms with Crippen molar-refractivity contribution in [2.45, 2.75) is 11.3 Å². The summed E-state index contributed by atoms with van der Waals surface area (Å²) in [5.41, 5.74) is 4.03. The lowest BCUT2D eigenvalue weighted by Crippen LogP contribution is -2.22. The number of hydrogen-bond donors (Lipinski definition) is 0. The molecule has 2 nitrogen and oxygen atoms in total. The Morgan fingerprint density at radius 3 is 2.79 bits per heavy atom. The largest absolute Gasteiger partial charge is 0.497 e. The Bertz CT molecular complexity index is 723. The topological polar surface area (TPSA) is 12.5 Å². The van der Waals surface area contributed by atoms with Crippen LogP contribution in [0.4, 0.5) is 0 Å². The number of nitrogens with zero attached hydrogens (tertiary/aromatic N) is 1. The number of rotatable bonds is 4. The van der Waals surface area contributed by atoms with Gasteiger partial charge in [0.05, 0.1) is 7.11 Å². The zero-order chi connectivity index (χ0) is 16.9. The van der Waals surface area contributed by atoms with Crippen molar-refractivity contribution in [1.29, 1.82) is 0 Å². The smallest absolute Gasteiger partial charge is 0.119 e. The minimum Gasteiger partial charge on any atom is -0.497 e. The molecule has 3 heteroatoms. The van der Waals surface area contributed by atoms with Crippen molar-refractivity contribution >= 4 is 23.4 Å². The maximum Gasteiger partial charge on any atom is 0.119 e. The number of methoxy groups -OCH3 is 1. The zero-order valence-electron chi connectivity index (χ0n) is 14.7. The van der Waals surface area contributed by atoms with Gasteiger partial charge in [0.25, 0.3) is 0 Å². The van der Waals surface area contributed by atoms with E-state index in [9.17, 15) is 0 Å². The second-order valence-corrected chi connectivity index (χ2v) is 7.61. The van der Waals surface area contributed by atoms with Crippen LogP contribution in [-0.4, -0.2) is 38.4 Å². The molecule has 0 aromatic heterocycles. The van der Waals surface area contributed by atoms with Gasteiger partial charge in [-0.2, -0.15) is 0 Å². The number of benzene rings is 2. The van der Waals surface area contributed by atoms with Crippen molar-refractivity contribution < 1.29 is 4.74 Å². The van der Waals surface area contributed by atoms with E-state index in [0.29, 0.717) is 5.92 Å². The van der Waals surface area contributed by atoms with Gasteiger partial charge in [-0.3, -0.25) is 0 Å². The van der Waals surface area contributed by atoms with Crippen molar-refractivity contribution in [2.75, 3.05) is 33.5 Å². The Balaban J connectivity index is 2.07. The first kappa shape index (κ1) is 17.1. The fourth-order valence-corrected chi connectivity index (χ4v) is 4.39. The molecule has 0 spiro atoms. The number of fused-ring (bicyclic) bond motifs is 1. The highest BCUT2D eigenvalue weighted by atomic mass is 32.2. The van der Waals surface area contributed by atoms with Crippen LogP contribution in [0.5, 0.6) is 5.75 Å². The molecule has 3 rings (SSSR count). The van der Waals surface area contributed by atoms with E-state index in [2.05, 4.69) is 67.5 Å². The summed E-state index contributed by atoms with van der Waals surface area (Å²) in [6.45, 7) is 1.07. The van der Waals surface area contributed by atoms with Crippen LogP contribution in [0.15, 0.2) is 53.4 Å². The Labute approximate surface area is 149 Å². The van der Waals surface area contributed by atoms with Gasteiger partial charge in [-0.05, 0) is 67.1 Å². The predicted octanol–water partition coefficient (Wildman–Crippen LogP) is 4.91. The molecule has 0 amide bonds. The molecular weight excluding hydrogens is 314 g/mol. The van der Waals surface area contributed by atoms with Crippen LogP contribution in [0.25, 0.3) is 11.6 Å². The molecular formula is C21H25NOS. The van der Waals surface area contributed by atoms with Crippen molar-refractivity contribution in [3.05, 3.63) is 59.7 Å². The summed E-state index contributed by atoms with van der Waals surface area (Å²) >= 11 is 1.98. The van der Waals surface area contributed by atoms with E-state index in [4.69, 9.17) is 4.74 Å². The molecule has 0 radical (unpaired) electrons. The quantitative estimate of drug-likeness (QED) is 0.785. The summed E-state index contributed by atoms with van der Waals surface area (Å²) in [5.74, 6) is 2.62. The van der Waals surface area contributed by atoms with Gasteiger partial charge in [-0.15, -0.1) is 11.8 Å². The highest BCUT2D eigenvalue weighted by Crippen LogP contribution is 2.40. The molecule has 0 fully saturated rings. The highest BCUT2D eigenvalue weighted by Gasteiger charge is 2.22. The summed E-state index contributed by atoms with van der Waals surface area (Å²) in [5, 5.41) is 0. The minimum absolute atomic E-state index is 0.544. The maximum atomic E-state index is 5.39. The summed E-state index contributed by atoms with van der Waals surface area (Å²) in [6.07, 6.45) is 3.55. The van der Waals surface area contributed by atoms with Crippen LogP contribution < -0.4 is 4.74 Å². The maximum absolute atomic E-state index is 5.39. The van der Waals surface area contributed by atoms with E-state index < -0.39 is 0 Å². The Morgan fingerprint density at radius 1 is 1.17 bits per heavy atom. The van der Waals surface area contributed by atoms with E-state index in [1.807, 2.05) is 17.8 Å². The zero-order valence-corrected chi connectivity index (χ0v) is 15.5. The number of ether oxygens (including phenoxy) is 1. The summed E-state index contributed by atoms with van der Waals surface area (Å²) < 4.78 is 5.39. The third-order valence-electron chi connectivity index (χ3n) is 4.36. The van der Waals surface area contributed by atoms with Gasteiger partial charge < -0.3 is 9.64 Å². The fourth-order valence-electron chi connectivity index (χ4n) is 3.25. The number of hydrogen-bond acceptors (Lipinski definition) is 3. The van der Waals surface area contributed by atoms with Gasteiger partial charge in [0.15, 0.2) is 0 Å². The van der Waals surface area contributed by atoms with Gasteiger partial charge >= 0.3 is 0 Å². The van der Waals surface area contributed by atoms with Crippen molar-refractivity contribution in [2.24, 2.45) is 5.92 Å². The molecule has 126 valence electrons. The van der Waals surface area contributed by atoms with Crippen LogP contribution in [-0.2, 0) is 0 Å². The van der Waals surface area contributed by atoms with E-state index >= 15 is 0 Å². The van der Waals surface area contributed by atoms with Crippen LogP contribution in [0.3, 0.4) is 0 Å². The van der Waals surface area contributed by atoms with Gasteiger partial charge in [-0.25, -0.2) is 0 Å². The molecule has 1 aliphatic rings. The molecule has 1 atom stereocenters. The number of thioether (sulfide) groups is 1. The van der Waals surface area contributed by atoms with E-state index in [1.54, 1.807) is 7.11 Å². The summed E-state index contributed by atoms with van der Waals surface area (Å²) in [6, 6.07) is 17.1. The lowest BCUT2D eigenvalue weighted by molar-refractivity contribution is 0.361. The van der Waals surface area contributed by atoms with Gasteiger partial charge in [0.1, 0.15) is 5.75 Å². The first-order valence-corrected chi connectivity index (χ1v) is 9.38. The molecule has 0 aliphatic carbocycles. The molecule has 1 heterocycles. The lowest BCUT2D eigenvalue weighted by Gasteiger charge is -2.23. The summed E-state index contributed by atoms with van der Waals surface area (Å²) in [7, 11) is 6.04.